The number of nitrogens with zero attached hydrogens (tertiary/aromatic N) is 1. The molecule has 0 radical (unpaired) electrons. The van der Waals surface area contributed by atoms with Gasteiger partial charge in [-0.2, -0.15) is 0 Å². The van der Waals surface area contributed by atoms with E-state index in [0.717, 1.165) is 6.54 Å². The van der Waals surface area contributed by atoms with Gasteiger partial charge >= 0.3 is 0 Å². The van der Waals surface area contributed by atoms with Gasteiger partial charge in [0, 0.05) is 23.4 Å². The van der Waals surface area contributed by atoms with Crippen molar-refractivity contribution in [1.82, 2.24) is 4.90 Å². The molecule has 0 unspecified atom stereocenters. The lowest BCUT2D eigenvalue weighted by Crippen LogP contribution is -2.27. The molecule has 1 aliphatic heterocycles. The van der Waals surface area contributed by atoms with Gasteiger partial charge < -0.3 is 4.90 Å². The Morgan fingerprint density at radius 1 is 1.36 bits per heavy atom. The Bertz CT molecular complexity index is 269. The second-order valence-corrected chi connectivity index (χ2v) is 4.69. The molecule has 0 atom stereocenters. The van der Waals surface area contributed by atoms with Gasteiger partial charge in [-0.1, -0.05) is 31.9 Å². The zero-order valence-electron chi connectivity index (χ0n) is 9.47. The molecule has 0 aromatic carbocycles. The fourth-order valence-corrected chi connectivity index (χ4v) is 3.10. The lowest BCUT2D eigenvalue weighted by Gasteiger charge is -2.35. The molecule has 1 spiro atoms. The van der Waals surface area contributed by atoms with E-state index in [1.807, 2.05) is 0 Å². The Balaban J connectivity index is 2.25. The fourth-order valence-electron chi connectivity index (χ4n) is 3.10. The Hall–Kier alpha value is -0.720. The molecule has 2 rings (SSSR count). The molecule has 0 N–H and O–H groups in total. The van der Waals surface area contributed by atoms with E-state index in [9.17, 15) is 0 Å². The van der Waals surface area contributed by atoms with Gasteiger partial charge in [0.2, 0.25) is 0 Å². The van der Waals surface area contributed by atoms with Gasteiger partial charge in [0.1, 0.15) is 0 Å². The van der Waals surface area contributed by atoms with Gasteiger partial charge in [-0.05, 0) is 26.7 Å². The first kappa shape index (κ1) is 9.82. The van der Waals surface area contributed by atoms with Crippen LogP contribution in [0.25, 0.3) is 0 Å². The Labute approximate surface area is 87.5 Å². The fraction of sp³-hybridized carbons (Fsp3) is 0.692. The number of rotatable bonds is 1. The largest absolute Gasteiger partial charge is 0.349 e. The topological polar surface area (TPSA) is 3.24 Å². The van der Waals surface area contributed by atoms with Gasteiger partial charge in [0.25, 0.3) is 0 Å². The van der Waals surface area contributed by atoms with Crippen molar-refractivity contribution in [3.05, 3.63) is 24.0 Å². The summed E-state index contributed by atoms with van der Waals surface area (Å²) in [4.78, 5) is 2.38. The molecule has 2 aliphatic rings. The molecule has 0 aromatic rings. The van der Waals surface area contributed by atoms with E-state index in [0.29, 0.717) is 5.41 Å². The molecule has 1 heterocycles. The molecular formula is C13H21N. The molecule has 1 saturated carbocycles. The van der Waals surface area contributed by atoms with Crippen molar-refractivity contribution in [2.45, 2.75) is 46.0 Å². The highest BCUT2D eigenvalue weighted by molar-refractivity contribution is 5.32. The highest BCUT2D eigenvalue weighted by atomic mass is 15.2. The summed E-state index contributed by atoms with van der Waals surface area (Å²) >= 11 is 0. The van der Waals surface area contributed by atoms with Crippen LogP contribution in [0.1, 0.15) is 46.0 Å². The molecule has 1 nitrogen and oxygen atoms in total. The molecule has 1 heteroatoms. The van der Waals surface area contributed by atoms with Crippen LogP contribution in [0.5, 0.6) is 0 Å². The smallest absolute Gasteiger partial charge is 0.0298 e. The summed E-state index contributed by atoms with van der Waals surface area (Å²) in [6.07, 6.45) is 9.27. The number of hydrogen-bond acceptors (Lipinski definition) is 1. The highest BCUT2D eigenvalue weighted by Gasteiger charge is 2.39. The SMILES string of the molecule is C=C1N(CC)C(C)=CC12CCCCC2. The van der Waals surface area contributed by atoms with Crippen LogP contribution in [0.2, 0.25) is 0 Å². The normalized spacial score (nSPS) is 25.7. The molecule has 0 saturated heterocycles. The molecule has 14 heavy (non-hydrogen) atoms. The maximum atomic E-state index is 4.31. The molecule has 0 aromatic heterocycles. The summed E-state index contributed by atoms with van der Waals surface area (Å²) in [7, 11) is 0. The Morgan fingerprint density at radius 2 is 2.00 bits per heavy atom. The van der Waals surface area contributed by atoms with E-state index in [-0.39, 0.29) is 0 Å². The number of hydrogen-bond donors (Lipinski definition) is 0. The van der Waals surface area contributed by atoms with Crippen LogP contribution >= 0.6 is 0 Å². The van der Waals surface area contributed by atoms with E-state index in [4.69, 9.17) is 0 Å². The average Bonchev–Trinajstić information content (AvgIpc) is 2.40. The second-order valence-electron chi connectivity index (χ2n) is 4.69. The van der Waals surface area contributed by atoms with Crippen molar-refractivity contribution in [3.8, 4) is 0 Å². The molecule has 78 valence electrons. The minimum atomic E-state index is 0.346. The number of allylic oxidation sites excluding steroid dienone is 2. The third-order valence-corrected chi connectivity index (χ3v) is 3.87. The standard InChI is InChI=1S/C13H21N/c1-4-14-11(2)10-13(12(14)3)8-6-5-7-9-13/h10H,3-9H2,1-2H3. The minimum Gasteiger partial charge on any atom is -0.349 e. The third-order valence-electron chi connectivity index (χ3n) is 3.87. The molecule has 1 aliphatic carbocycles. The first-order chi connectivity index (χ1) is 6.69. The monoisotopic (exact) mass is 191 g/mol. The highest BCUT2D eigenvalue weighted by Crippen LogP contribution is 2.49. The van der Waals surface area contributed by atoms with Crippen LogP contribution in [-0.4, -0.2) is 11.4 Å². The zero-order chi connectivity index (χ0) is 10.2. The van der Waals surface area contributed by atoms with Crippen molar-refractivity contribution in [1.29, 1.82) is 0 Å². The Morgan fingerprint density at radius 3 is 2.50 bits per heavy atom. The van der Waals surface area contributed by atoms with E-state index < -0.39 is 0 Å². The Kier molecular flexibility index (Phi) is 2.42. The van der Waals surface area contributed by atoms with Crippen molar-refractivity contribution in [2.75, 3.05) is 6.54 Å². The lowest BCUT2D eigenvalue weighted by molar-refractivity contribution is 0.274. The summed E-state index contributed by atoms with van der Waals surface area (Å²) in [6, 6.07) is 0. The minimum absolute atomic E-state index is 0.346. The van der Waals surface area contributed by atoms with Crippen LogP contribution in [0, 0.1) is 5.41 Å². The van der Waals surface area contributed by atoms with Crippen LogP contribution in [0.3, 0.4) is 0 Å². The average molecular weight is 191 g/mol. The summed E-state index contributed by atoms with van der Waals surface area (Å²) in [5.41, 5.74) is 3.12. The predicted octanol–water partition coefficient (Wildman–Crippen LogP) is 3.69. The van der Waals surface area contributed by atoms with Crippen LogP contribution in [0.4, 0.5) is 0 Å². The van der Waals surface area contributed by atoms with Crippen LogP contribution < -0.4 is 0 Å². The van der Waals surface area contributed by atoms with Crippen molar-refractivity contribution >= 4 is 0 Å². The van der Waals surface area contributed by atoms with E-state index in [2.05, 4.69) is 31.4 Å². The maximum absolute atomic E-state index is 4.31. The van der Waals surface area contributed by atoms with Gasteiger partial charge in [0.15, 0.2) is 0 Å². The summed E-state index contributed by atoms with van der Waals surface area (Å²) in [6.45, 7) is 9.81. The predicted molar refractivity (Wildman–Crippen MR) is 60.8 cm³/mol. The lowest BCUT2D eigenvalue weighted by atomic mass is 9.73. The molecule has 0 amide bonds. The van der Waals surface area contributed by atoms with E-state index in [1.165, 1.54) is 43.5 Å². The van der Waals surface area contributed by atoms with Crippen molar-refractivity contribution in [2.24, 2.45) is 5.41 Å². The summed E-state index contributed by atoms with van der Waals surface area (Å²) < 4.78 is 0. The summed E-state index contributed by atoms with van der Waals surface area (Å²) in [5.74, 6) is 0. The quantitative estimate of drug-likeness (QED) is 0.611. The molecule has 1 fully saturated rings. The first-order valence-corrected chi connectivity index (χ1v) is 5.86. The van der Waals surface area contributed by atoms with Gasteiger partial charge in [-0.25, -0.2) is 0 Å². The maximum Gasteiger partial charge on any atom is 0.0298 e. The molecule has 0 bridgehead atoms. The molecular weight excluding hydrogens is 170 g/mol. The van der Waals surface area contributed by atoms with Crippen LogP contribution in [-0.2, 0) is 0 Å². The second kappa shape index (κ2) is 3.45. The first-order valence-electron chi connectivity index (χ1n) is 5.86. The van der Waals surface area contributed by atoms with Gasteiger partial charge in [0.05, 0.1) is 0 Å². The zero-order valence-corrected chi connectivity index (χ0v) is 9.47. The summed E-state index contributed by atoms with van der Waals surface area (Å²) in [5, 5.41) is 0. The van der Waals surface area contributed by atoms with Gasteiger partial charge in [-0.3, -0.25) is 0 Å². The van der Waals surface area contributed by atoms with Gasteiger partial charge in [-0.15, -0.1) is 0 Å². The third kappa shape index (κ3) is 1.30. The van der Waals surface area contributed by atoms with Crippen LogP contribution in [0.15, 0.2) is 24.0 Å². The van der Waals surface area contributed by atoms with E-state index in [1.54, 1.807) is 0 Å². The van der Waals surface area contributed by atoms with Crippen molar-refractivity contribution < 1.29 is 0 Å². The van der Waals surface area contributed by atoms with E-state index >= 15 is 0 Å². The van der Waals surface area contributed by atoms with Crippen molar-refractivity contribution in [3.63, 3.8) is 0 Å².